The fraction of sp³-hybridized carbons (Fsp3) is 0.421. The highest BCUT2D eigenvalue weighted by molar-refractivity contribution is 7.13. The third-order valence-electron chi connectivity index (χ3n) is 5.03. The molecule has 0 aliphatic carbocycles. The second-order valence-electron chi connectivity index (χ2n) is 7.02. The molecule has 142 valence electrons. The molecule has 2 aliphatic rings. The molecule has 0 saturated carbocycles. The van der Waals surface area contributed by atoms with E-state index in [0.717, 1.165) is 17.0 Å². The second-order valence-corrected chi connectivity index (χ2v) is 7.87. The Hall–Kier alpha value is -2.29. The molecule has 0 radical (unpaired) electrons. The first-order valence-electron chi connectivity index (χ1n) is 8.93. The van der Waals surface area contributed by atoms with Crippen molar-refractivity contribution in [1.29, 1.82) is 0 Å². The number of hydrogen-bond donors (Lipinski definition) is 1. The summed E-state index contributed by atoms with van der Waals surface area (Å²) in [6.07, 6.45) is 0.733. The molecule has 1 unspecified atom stereocenters. The number of carbonyl (C=O) groups excluding carboxylic acids is 1. The molecule has 1 aromatic carbocycles. The summed E-state index contributed by atoms with van der Waals surface area (Å²) in [4.78, 5) is 32.1. The third kappa shape index (κ3) is 3.87. The molecule has 1 amide bonds. The van der Waals surface area contributed by atoms with Crippen LogP contribution in [0.5, 0.6) is 0 Å². The average Bonchev–Trinajstić information content (AvgIpc) is 3.29. The molecule has 2 aromatic rings. The molecule has 2 saturated heterocycles. The maximum Gasteiger partial charge on any atom is 0.317 e. The molecule has 2 fully saturated rings. The Morgan fingerprint density at radius 3 is 2.81 bits per heavy atom. The smallest absolute Gasteiger partial charge is 0.317 e. The molecular weight excluding hydrogens is 366 g/mol. The number of ether oxygens (including phenoxy) is 1. The van der Waals surface area contributed by atoms with Gasteiger partial charge in [-0.25, -0.2) is 4.98 Å². The highest BCUT2D eigenvalue weighted by Crippen LogP contribution is 2.30. The van der Waals surface area contributed by atoms with Crippen LogP contribution in [0.15, 0.2) is 35.7 Å². The topological polar surface area (TPSA) is 83.0 Å². The molecule has 1 N–H and O–H groups in total. The monoisotopic (exact) mass is 387 g/mol. The lowest BCUT2D eigenvalue weighted by Crippen LogP contribution is -2.55. The Morgan fingerprint density at radius 1 is 1.22 bits per heavy atom. The molecule has 1 aromatic heterocycles. The summed E-state index contributed by atoms with van der Waals surface area (Å²) in [7, 11) is 0. The van der Waals surface area contributed by atoms with Crippen LogP contribution < -0.4 is 0 Å². The van der Waals surface area contributed by atoms with Crippen molar-refractivity contribution in [2.75, 3.05) is 39.3 Å². The van der Waals surface area contributed by atoms with Gasteiger partial charge in [-0.1, -0.05) is 30.3 Å². The Morgan fingerprint density at radius 2 is 2.04 bits per heavy atom. The van der Waals surface area contributed by atoms with Gasteiger partial charge in [0.1, 0.15) is 10.7 Å². The Kier molecular flexibility index (Phi) is 4.94. The Balaban J connectivity index is 1.45. The van der Waals surface area contributed by atoms with E-state index >= 15 is 0 Å². The zero-order chi connectivity index (χ0) is 18.9. The normalized spacial score (nSPS) is 23.0. The van der Waals surface area contributed by atoms with Crippen LogP contribution in [0.25, 0.3) is 10.6 Å². The summed E-state index contributed by atoms with van der Waals surface area (Å²) in [6, 6.07) is 9.81. The molecule has 4 rings (SSSR count). The van der Waals surface area contributed by atoms with E-state index in [-0.39, 0.29) is 12.5 Å². The van der Waals surface area contributed by atoms with Crippen LogP contribution in [0.2, 0.25) is 0 Å². The third-order valence-corrected chi connectivity index (χ3v) is 5.93. The molecule has 7 nitrogen and oxygen atoms in total. The lowest BCUT2D eigenvalue weighted by Gasteiger charge is -2.40. The van der Waals surface area contributed by atoms with E-state index < -0.39 is 11.6 Å². The summed E-state index contributed by atoms with van der Waals surface area (Å²) in [5.41, 5.74) is 0.984. The van der Waals surface area contributed by atoms with Gasteiger partial charge in [-0.3, -0.25) is 14.5 Å². The molecular formula is C19H21N3O4S. The summed E-state index contributed by atoms with van der Waals surface area (Å²) in [5.74, 6) is -0.931. The van der Waals surface area contributed by atoms with Gasteiger partial charge in [-0.15, -0.1) is 11.3 Å². The van der Waals surface area contributed by atoms with Crippen LogP contribution in [0.4, 0.5) is 0 Å². The fourth-order valence-electron chi connectivity index (χ4n) is 3.77. The van der Waals surface area contributed by atoms with Crippen LogP contribution in [0.3, 0.4) is 0 Å². The molecule has 1 spiro atoms. The van der Waals surface area contributed by atoms with Crippen molar-refractivity contribution in [3.8, 4) is 10.6 Å². The quantitative estimate of drug-likeness (QED) is 0.862. The number of thiazole rings is 1. The van der Waals surface area contributed by atoms with Crippen molar-refractivity contribution in [2.24, 2.45) is 0 Å². The van der Waals surface area contributed by atoms with E-state index in [1.165, 1.54) is 11.3 Å². The van der Waals surface area contributed by atoms with Crippen molar-refractivity contribution in [2.45, 2.75) is 12.0 Å². The van der Waals surface area contributed by atoms with Gasteiger partial charge >= 0.3 is 5.97 Å². The molecule has 0 bridgehead atoms. The highest BCUT2D eigenvalue weighted by Gasteiger charge is 2.44. The molecule has 2 aliphatic heterocycles. The van der Waals surface area contributed by atoms with Crippen molar-refractivity contribution < 1.29 is 19.4 Å². The molecule has 8 heteroatoms. The first-order chi connectivity index (χ1) is 13.0. The number of carboxylic acids is 1. The predicted molar refractivity (Wildman–Crippen MR) is 101 cm³/mol. The number of aliphatic carboxylic acids is 1. The first-order valence-corrected chi connectivity index (χ1v) is 9.81. The largest absolute Gasteiger partial charge is 0.480 e. The van der Waals surface area contributed by atoms with E-state index in [2.05, 4.69) is 4.98 Å². The predicted octanol–water partition coefficient (Wildman–Crippen LogP) is 1.81. The van der Waals surface area contributed by atoms with Crippen LogP contribution >= 0.6 is 11.3 Å². The number of carbonyl (C=O) groups is 2. The minimum atomic E-state index is -0.841. The van der Waals surface area contributed by atoms with Crippen LogP contribution in [-0.2, 0) is 9.53 Å². The zero-order valence-corrected chi connectivity index (χ0v) is 15.7. The number of amides is 1. The number of benzene rings is 1. The Labute approximate surface area is 161 Å². The van der Waals surface area contributed by atoms with Gasteiger partial charge in [0.25, 0.3) is 5.91 Å². The number of hydrogen-bond acceptors (Lipinski definition) is 6. The van der Waals surface area contributed by atoms with Crippen molar-refractivity contribution in [3.05, 3.63) is 41.4 Å². The van der Waals surface area contributed by atoms with Crippen LogP contribution in [0, 0.1) is 0 Å². The van der Waals surface area contributed by atoms with Crippen LogP contribution in [0.1, 0.15) is 16.9 Å². The van der Waals surface area contributed by atoms with E-state index in [1.807, 2.05) is 35.2 Å². The fourth-order valence-corrected chi connectivity index (χ4v) is 4.57. The summed E-state index contributed by atoms with van der Waals surface area (Å²) in [6.45, 7) is 2.67. The maximum atomic E-state index is 13.0. The number of rotatable bonds is 4. The standard InChI is InChI=1S/C19H21N3O4S/c23-16(24)10-21-7-6-19(12-21)13-22(8-9-26-19)18(25)15-11-27-17(20-15)14-4-2-1-3-5-14/h1-5,11H,6-10,12-13H2,(H,23,24). The van der Waals surface area contributed by atoms with Gasteiger partial charge in [0.2, 0.25) is 0 Å². The van der Waals surface area contributed by atoms with Gasteiger partial charge in [-0.2, -0.15) is 0 Å². The molecule has 3 heterocycles. The van der Waals surface area contributed by atoms with E-state index in [9.17, 15) is 9.59 Å². The van der Waals surface area contributed by atoms with E-state index in [4.69, 9.17) is 9.84 Å². The SMILES string of the molecule is O=C(O)CN1CCC2(C1)CN(C(=O)c1csc(-c3ccccc3)n1)CCO2. The zero-order valence-electron chi connectivity index (χ0n) is 14.8. The summed E-state index contributed by atoms with van der Waals surface area (Å²) in [5, 5.41) is 11.6. The number of nitrogens with zero attached hydrogens (tertiary/aromatic N) is 3. The summed E-state index contributed by atoms with van der Waals surface area (Å²) < 4.78 is 5.98. The number of carboxylic acid groups (broad SMARTS) is 1. The minimum absolute atomic E-state index is 0.00553. The van der Waals surface area contributed by atoms with Gasteiger partial charge in [0, 0.05) is 30.6 Å². The maximum absolute atomic E-state index is 13.0. The molecule has 27 heavy (non-hydrogen) atoms. The van der Waals surface area contributed by atoms with Gasteiger partial charge in [0.15, 0.2) is 0 Å². The first kappa shape index (κ1) is 18.1. The Bertz CT molecular complexity index is 840. The minimum Gasteiger partial charge on any atom is -0.480 e. The van der Waals surface area contributed by atoms with Gasteiger partial charge < -0.3 is 14.7 Å². The van der Waals surface area contributed by atoms with Crippen LogP contribution in [-0.4, -0.2) is 76.7 Å². The second kappa shape index (κ2) is 7.38. The lowest BCUT2D eigenvalue weighted by atomic mass is 10.0. The molecule has 1 atom stereocenters. The van der Waals surface area contributed by atoms with Crippen molar-refractivity contribution >= 4 is 23.2 Å². The van der Waals surface area contributed by atoms with Crippen molar-refractivity contribution in [1.82, 2.24) is 14.8 Å². The van der Waals surface area contributed by atoms with E-state index in [1.54, 1.807) is 10.3 Å². The number of aromatic nitrogens is 1. The number of likely N-dealkylation sites (tertiary alicyclic amines) is 1. The number of morpholine rings is 1. The van der Waals surface area contributed by atoms with Crippen molar-refractivity contribution in [3.63, 3.8) is 0 Å². The lowest BCUT2D eigenvalue weighted by molar-refractivity contribution is -0.138. The average molecular weight is 387 g/mol. The van der Waals surface area contributed by atoms with Gasteiger partial charge in [-0.05, 0) is 6.42 Å². The van der Waals surface area contributed by atoms with E-state index in [0.29, 0.717) is 38.5 Å². The highest BCUT2D eigenvalue weighted by atomic mass is 32.1. The summed E-state index contributed by atoms with van der Waals surface area (Å²) >= 11 is 1.46. The van der Waals surface area contributed by atoms with Gasteiger partial charge in [0.05, 0.1) is 25.3 Å².